The van der Waals surface area contributed by atoms with Crippen LogP contribution in [-0.4, -0.2) is 70.2 Å². The Morgan fingerprint density at radius 3 is 2.47 bits per heavy atom. The largest absolute Gasteiger partial charge is 0.405 e. The fraction of sp³-hybridized carbons (Fsp3) is 1.00. The predicted molar refractivity (Wildman–Crippen MR) is 63.3 cm³/mol. The molecule has 0 saturated carbocycles. The van der Waals surface area contributed by atoms with E-state index in [1.807, 2.05) is 0 Å². The minimum absolute atomic E-state index is 0.00196. The molecule has 0 aromatic carbocycles. The molecule has 1 aliphatic heterocycles. The number of aliphatic hydroxyl groups excluding tert-OH is 4. The molecule has 1 aliphatic rings. The average molecular weight is 322 g/mol. The van der Waals surface area contributed by atoms with Crippen LogP contribution in [0.5, 0.6) is 0 Å². The number of ether oxygens (including phenoxy) is 1. The lowest BCUT2D eigenvalue weighted by Crippen LogP contribution is -2.48. The van der Waals surface area contributed by atoms with Gasteiger partial charge in [-0.25, -0.2) is 10.1 Å². The van der Waals surface area contributed by atoms with E-state index in [2.05, 4.69) is 4.52 Å². The summed E-state index contributed by atoms with van der Waals surface area (Å²) < 4.78 is 26.2. The van der Waals surface area contributed by atoms with Crippen LogP contribution >= 0.6 is 19.3 Å². The summed E-state index contributed by atoms with van der Waals surface area (Å²) in [6, 6.07) is 0. The highest BCUT2D eigenvalue weighted by Crippen LogP contribution is 2.48. The molecule has 19 heavy (non-hydrogen) atoms. The molecule has 0 amide bonds. The number of halogens is 1. The third-order valence-electron chi connectivity index (χ3n) is 2.54. The van der Waals surface area contributed by atoms with Gasteiger partial charge in [0.05, 0.1) is 13.2 Å². The normalized spacial score (nSPS) is 38.3. The van der Waals surface area contributed by atoms with Gasteiger partial charge in [0, 0.05) is 5.88 Å². The quantitative estimate of drug-likeness (QED) is 0.268. The van der Waals surface area contributed by atoms with E-state index in [-0.39, 0.29) is 12.5 Å². The van der Waals surface area contributed by atoms with Crippen LogP contribution in [-0.2, 0) is 18.3 Å². The Balaban J connectivity index is 2.84. The topological polar surface area (TPSA) is 152 Å². The molecule has 5 atom stereocenters. The lowest BCUT2D eigenvalue weighted by atomic mass is 10.1. The number of nitrogens with two attached hydrogens (primary N) is 1. The van der Waals surface area contributed by atoms with Crippen LogP contribution in [0.15, 0.2) is 0 Å². The van der Waals surface area contributed by atoms with Gasteiger partial charge in [0.1, 0.15) is 24.9 Å². The van der Waals surface area contributed by atoms with Crippen LogP contribution in [0.3, 0.4) is 0 Å². The molecule has 1 saturated heterocycles. The highest BCUT2D eigenvalue weighted by atomic mass is 35.5. The first-order valence-corrected chi connectivity index (χ1v) is 7.52. The first-order chi connectivity index (χ1) is 8.82. The molecule has 0 aromatic heterocycles. The SMILES string of the molecule is NP(=O)(OCCCl)OC1(CO)O[C@H](CO)[C@@H](O)[C@@H]1O. The minimum Gasteiger partial charge on any atom is -0.394 e. The van der Waals surface area contributed by atoms with Crippen molar-refractivity contribution in [3.63, 3.8) is 0 Å². The molecule has 11 heteroatoms. The maximum atomic E-state index is 11.8. The van der Waals surface area contributed by atoms with Gasteiger partial charge >= 0.3 is 7.75 Å². The number of alkyl halides is 1. The maximum Gasteiger partial charge on any atom is 0.405 e. The van der Waals surface area contributed by atoms with Gasteiger partial charge in [-0.15, -0.1) is 11.6 Å². The van der Waals surface area contributed by atoms with Crippen LogP contribution in [0.4, 0.5) is 0 Å². The van der Waals surface area contributed by atoms with Crippen molar-refractivity contribution in [2.75, 3.05) is 25.7 Å². The van der Waals surface area contributed by atoms with Crippen molar-refractivity contribution < 1.29 is 38.8 Å². The first-order valence-electron chi connectivity index (χ1n) is 5.37. The summed E-state index contributed by atoms with van der Waals surface area (Å²) in [4.78, 5) is 0. The molecular formula is C8H17ClNO8P. The Bertz CT molecular complexity index is 347. The molecule has 1 heterocycles. The number of rotatable bonds is 7. The van der Waals surface area contributed by atoms with E-state index in [1.54, 1.807) is 0 Å². The first kappa shape index (κ1) is 17.3. The second-order valence-electron chi connectivity index (χ2n) is 3.90. The summed E-state index contributed by atoms with van der Waals surface area (Å²) in [5.74, 6) is -2.23. The van der Waals surface area contributed by atoms with Gasteiger partial charge in [0.25, 0.3) is 0 Å². The standard InChI is InChI=1S/C8H17ClNO8P/c9-1-2-16-19(10,15)18-8(4-12)7(14)6(13)5(3-11)17-8/h5-7,11-14H,1-4H2,(H2,10,15)/t5-,6-,7+,8?,19?/m1/s1. The van der Waals surface area contributed by atoms with Crippen molar-refractivity contribution in [3.8, 4) is 0 Å². The summed E-state index contributed by atoms with van der Waals surface area (Å²) in [6.07, 6.45) is -4.51. The highest BCUT2D eigenvalue weighted by Gasteiger charge is 2.57. The molecule has 1 fully saturated rings. The summed E-state index contributed by atoms with van der Waals surface area (Å²) in [5.41, 5.74) is 5.24. The van der Waals surface area contributed by atoms with Gasteiger partial charge in [-0.1, -0.05) is 0 Å². The van der Waals surface area contributed by atoms with Crippen LogP contribution in [0.25, 0.3) is 0 Å². The van der Waals surface area contributed by atoms with E-state index >= 15 is 0 Å². The van der Waals surface area contributed by atoms with Gasteiger partial charge in [-0.3, -0.25) is 9.05 Å². The molecule has 2 unspecified atom stereocenters. The third kappa shape index (κ3) is 3.85. The van der Waals surface area contributed by atoms with Gasteiger partial charge in [0.15, 0.2) is 0 Å². The Kier molecular flexibility index (Phi) is 6.15. The molecule has 1 rings (SSSR count). The lowest BCUT2D eigenvalue weighted by molar-refractivity contribution is -0.234. The zero-order valence-electron chi connectivity index (χ0n) is 9.88. The van der Waals surface area contributed by atoms with E-state index in [1.165, 1.54) is 0 Å². The van der Waals surface area contributed by atoms with E-state index in [0.29, 0.717) is 0 Å². The summed E-state index contributed by atoms with van der Waals surface area (Å²) in [6.45, 7) is -1.77. The zero-order valence-corrected chi connectivity index (χ0v) is 11.5. The van der Waals surface area contributed by atoms with Crippen LogP contribution in [0, 0.1) is 0 Å². The molecular weight excluding hydrogens is 305 g/mol. The Morgan fingerprint density at radius 2 is 2.05 bits per heavy atom. The van der Waals surface area contributed by atoms with E-state index in [4.69, 9.17) is 31.5 Å². The minimum atomic E-state index is -4.16. The third-order valence-corrected chi connectivity index (χ3v) is 3.80. The Hall–Kier alpha value is 0.200. The smallest absolute Gasteiger partial charge is 0.394 e. The van der Waals surface area contributed by atoms with E-state index in [9.17, 15) is 19.9 Å². The van der Waals surface area contributed by atoms with Crippen molar-refractivity contribution in [1.29, 1.82) is 0 Å². The molecule has 0 aromatic rings. The molecule has 0 bridgehead atoms. The van der Waals surface area contributed by atoms with E-state index in [0.717, 1.165) is 0 Å². The maximum absolute atomic E-state index is 11.8. The van der Waals surface area contributed by atoms with Gasteiger partial charge in [-0.05, 0) is 0 Å². The molecule has 0 radical (unpaired) electrons. The lowest BCUT2D eigenvalue weighted by Gasteiger charge is -2.31. The fourth-order valence-corrected chi connectivity index (χ4v) is 2.87. The molecule has 0 aliphatic carbocycles. The predicted octanol–water partition coefficient (Wildman–Crippen LogP) is -1.87. The van der Waals surface area contributed by atoms with Gasteiger partial charge in [-0.2, -0.15) is 0 Å². The fourth-order valence-electron chi connectivity index (χ4n) is 1.64. The summed E-state index contributed by atoms with van der Waals surface area (Å²) >= 11 is 5.33. The van der Waals surface area contributed by atoms with Gasteiger partial charge in [0.2, 0.25) is 5.79 Å². The Labute approximate surface area is 114 Å². The monoisotopic (exact) mass is 321 g/mol. The van der Waals surface area contributed by atoms with E-state index < -0.39 is 45.1 Å². The molecule has 9 nitrogen and oxygen atoms in total. The average Bonchev–Trinajstić information content (AvgIpc) is 2.61. The van der Waals surface area contributed by atoms with Crippen LogP contribution < -0.4 is 5.50 Å². The highest BCUT2D eigenvalue weighted by molar-refractivity contribution is 7.51. The number of aliphatic hydroxyl groups is 4. The second-order valence-corrected chi connectivity index (χ2v) is 5.80. The summed E-state index contributed by atoms with van der Waals surface area (Å²) in [7, 11) is -4.16. The van der Waals surface area contributed by atoms with Gasteiger partial charge < -0.3 is 25.2 Å². The molecule has 114 valence electrons. The van der Waals surface area contributed by atoms with Crippen molar-refractivity contribution >= 4 is 19.3 Å². The van der Waals surface area contributed by atoms with Crippen LogP contribution in [0.1, 0.15) is 0 Å². The molecule has 6 N–H and O–H groups in total. The molecule has 0 spiro atoms. The number of hydrogen-bond acceptors (Lipinski definition) is 8. The Morgan fingerprint density at radius 1 is 1.42 bits per heavy atom. The number of hydrogen-bond donors (Lipinski definition) is 5. The van der Waals surface area contributed by atoms with Crippen LogP contribution in [0.2, 0.25) is 0 Å². The van der Waals surface area contributed by atoms with Crippen molar-refractivity contribution in [2.45, 2.75) is 24.1 Å². The second kappa shape index (κ2) is 6.77. The van der Waals surface area contributed by atoms with Crippen molar-refractivity contribution in [1.82, 2.24) is 0 Å². The summed E-state index contributed by atoms with van der Waals surface area (Å²) in [5, 5.41) is 37.5. The van der Waals surface area contributed by atoms with Crippen molar-refractivity contribution in [3.05, 3.63) is 0 Å². The zero-order chi connectivity index (χ0) is 14.7. The van der Waals surface area contributed by atoms with Crippen molar-refractivity contribution in [2.24, 2.45) is 5.50 Å².